The summed E-state index contributed by atoms with van der Waals surface area (Å²) in [4.78, 5) is 21.2. The average molecular weight is 340 g/mol. The molecule has 1 aliphatic rings. The maximum absolute atomic E-state index is 12.4. The van der Waals surface area contributed by atoms with Gasteiger partial charge >= 0.3 is 6.03 Å². The molecule has 0 bridgehead atoms. The van der Waals surface area contributed by atoms with E-state index in [9.17, 15) is 4.79 Å². The van der Waals surface area contributed by atoms with Crippen LogP contribution in [0.5, 0.6) is 0 Å². The SMILES string of the molecule is CC1(c2nccc(NC(=O)N[C@H](CCCO)c3ccccc3)n2)CC1. The lowest BCUT2D eigenvalue weighted by atomic mass is 10.0. The summed E-state index contributed by atoms with van der Waals surface area (Å²) < 4.78 is 0. The number of nitrogens with one attached hydrogen (secondary N) is 2. The van der Waals surface area contributed by atoms with Crippen molar-refractivity contribution in [2.45, 2.75) is 44.1 Å². The van der Waals surface area contributed by atoms with Crippen molar-refractivity contribution < 1.29 is 9.90 Å². The molecule has 0 radical (unpaired) electrons. The molecule has 1 fully saturated rings. The predicted molar refractivity (Wildman–Crippen MR) is 96.3 cm³/mol. The number of carbonyl (C=O) groups excluding carboxylic acids is 1. The van der Waals surface area contributed by atoms with Crippen molar-refractivity contribution in [1.29, 1.82) is 0 Å². The molecule has 6 heteroatoms. The van der Waals surface area contributed by atoms with Crippen LogP contribution in [0.3, 0.4) is 0 Å². The second kappa shape index (κ2) is 7.61. The van der Waals surface area contributed by atoms with Gasteiger partial charge in [0.2, 0.25) is 0 Å². The smallest absolute Gasteiger partial charge is 0.320 e. The number of hydrogen-bond acceptors (Lipinski definition) is 4. The van der Waals surface area contributed by atoms with Crippen molar-refractivity contribution in [3.63, 3.8) is 0 Å². The highest BCUT2D eigenvalue weighted by Crippen LogP contribution is 2.45. The normalized spacial score (nSPS) is 16.1. The fourth-order valence-electron chi connectivity index (χ4n) is 2.74. The van der Waals surface area contributed by atoms with Crippen LogP contribution in [0.1, 0.15) is 50.0 Å². The third kappa shape index (κ3) is 4.54. The number of carbonyl (C=O) groups is 1. The van der Waals surface area contributed by atoms with Gasteiger partial charge in [0.05, 0.1) is 6.04 Å². The first-order valence-corrected chi connectivity index (χ1v) is 8.67. The standard InChI is InChI=1S/C19H24N4O2/c1-19(10-11-19)17-20-12-9-16(22-17)23-18(25)21-15(8-5-13-24)14-6-3-2-4-7-14/h2-4,6-7,9,12,15,24H,5,8,10-11,13H2,1H3,(H2,20,21,22,23,25)/t15-/m1/s1. The van der Waals surface area contributed by atoms with Crippen molar-refractivity contribution in [2.75, 3.05) is 11.9 Å². The lowest BCUT2D eigenvalue weighted by Gasteiger charge is -2.19. The number of aliphatic hydroxyl groups excluding tert-OH is 1. The van der Waals surface area contributed by atoms with E-state index in [0.717, 1.165) is 24.2 Å². The number of benzene rings is 1. The molecule has 1 aromatic heterocycles. The van der Waals surface area contributed by atoms with E-state index in [1.165, 1.54) is 0 Å². The number of urea groups is 1. The van der Waals surface area contributed by atoms with Crippen molar-refractivity contribution in [3.05, 3.63) is 54.0 Å². The monoisotopic (exact) mass is 340 g/mol. The number of anilines is 1. The van der Waals surface area contributed by atoms with Crippen LogP contribution in [-0.4, -0.2) is 27.7 Å². The number of amides is 2. The van der Waals surface area contributed by atoms with Crippen LogP contribution in [0.2, 0.25) is 0 Å². The maximum Gasteiger partial charge on any atom is 0.320 e. The van der Waals surface area contributed by atoms with Gasteiger partial charge in [-0.1, -0.05) is 37.3 Å². The lowest BCUT2D eigenvalue weighted by molar-refractivity contribution is 0.243. The first kappa shape index (κ1) is 17.4. The van der Waals surface area contributed by atoms with Crippen LogP contribution in [0.25, 0.3) is 0 Å². The summed E-state index contributed by atoms with van der Waals surface area (Å²) >= 11 is 0. The highest BCUT2D eigenvalue weighted by atomic mass is 16.3. The number of nitrogens with zero attached hydrogens (tertiary/aromatic N) is 2. The fraction of sp³-hybridized carbons (Fsp3) is 0.421. The number of aromatic nitrogens is 2. The molecule has 3 rings (SSSR count). The molecule has 25 heavy (non-hydrogen) atoms. The predicted octanol–water partition coefficient (Wildman–Crippen LogP) is 3.16. The Morgan fingerprint density at radius 3 is 2.72 bits per heavy atom. The van der Waals surface area contributed by atoms with Crippen molar-refractivity contribution in [3.8, 4) is 0 Å². The summed E-state index contributed by atoms with van der Waals surface area (Å²) in [5.74, 6) is 1.29. The van der Waals surface area contributed by atoms with Crippen LogP contribution in [-0.2, 0) is 5.41 Å². The van der Waals surface area contributed by atoms with Crippen LogP contribution < -0.4 is 10.6 Å². The van der Waals surface area contributed by atoms with Crippen molar-refractivity contribution in [1.82, 2.24) is 15.3 Å². The third-order valence-corrected chi connectivity index (χ3v) is 4.60. The highest BCUT2D eigenvalue weighted by molar-refractivity contribution is 5.88. The molecular formula is C19H24N4O2. The van der Waals surface area contributed by atoms with Gasteiger partial charge in [0.1, 0.15) is 11.6 Å². The van der Waals surface area contributed by atoms with Gasteiger partial charge in [-0.05, 0) is 37.3 Å². The van der Waals surface area contributed by atoms with E-state index in [0.29, 0.717) is 18.7 Å². The zero-order valence-electron chi connectivity index (χ0n) is 14.4. The molecule has 2 aromatic rings. The Kier molecular flexibility index (Phi) is 5.28. The van der Waals surface area contributed by atoms with Gasteiger partial charge in [-0.15, -0.1) is 0 Å². The Labute approximate surface area is 147 Å². The first-order valence-electron chi connectivity index (χ1n) is 8.67. The van der Waals surface area contributed by atoms with E-state index in [1.54, 1.807) is 12.3 Å². The summed E-state index contributed by atoms with van der Waals surface area (Å²) in [6, 6.07) is 11.0. The zero-order chi connectivity index (χ0) is 17.7. The summed E-state index contributed by atoms with van der Waals surface area (Å²) in [7, 11) is 0. The van der Waals surface area contributed by atoms with Gasteiger partial charge in [0.25, 0.3) is 0 Å². The Hall–Kier alpha value is -2.47. The van der Waals surface area contributed by atoms with Gasteiger partial charge in [-0.2, -0.15) is 0 Å². The lowest BCUT2D eigenvalue weighted by Crippen LogP contribution is -2.33. The molecule has 0 saturated heterocycles. The molecule has 1 heterocycles. The van der Waals surface area contributed by atoms with Gasteiger partial charge in [0.15, 0.2) is 0 Å². The Morgan fingerprint density at radius 2 is 2.04 bits per heavy atom. The van der Waals surface area contributed by atoms with E-state index < -0.39 is 0 Å². The topological polar surface area (TPSA) is 87.1 Å². The first-order chi connectivity index (χ1) is 12.1. The van der Waals surface area contributed by atoms with E-state index in [2.05, 4.69) is 27.5 Å². The second-order valence-electron chi connectivity index (χ2n) is 6.75. The molecule has 0 spiro atoms. The summed E-state index contributed by atoms with van der Waals surface area (Å²) in [6.07, 6.45) is 5.14. The minimum absolute atomic E-state index is 0.0574. The average Bonchev–Trinajstić information content (AvgIpc) is 3.38. The second-order valence-corrected chi connectivity index (χ2v) is 6.75. The Balaban J connectivity index is 1.65. The Morgan fingerprint density at radius 1 is 1.28 bits per heavy atom. The van der Waals surface area contributed by atoms with E-state index >= 15 is 0 Å². The largest absolute Gasteiger partial charge is 0.396 e. The van der Waals surface area contributed by atoms with Gasteiger partial charge in [0, 0.05) is 18.2 Å². The molecule has 6 nitrogen and oxygen atoms in total. The van der Waals surface area contributed by atoms with E-state index in [4.69, 9.17) is 5.11 Å². The Bertz CT molecular complexity index is 716. The molecule has 0 unspecified atom stereocenters. The maximum atomic E-state index is 12.4. The zero-order valence-corrected chi connectivity index (χ0v) is 14.4. The minimum Gasteiger partial charge on any atom is -0.396 e. The van der Waals surface area contributed by atoms with Crippen LogP contribution in [0.4, 0.5) is 10.6 Å². The summed E-state index contributed by atoms with van der Waals surface area (Å²) in [5, 5.41) is 14.9. The van der Waals surface area contributed by atoms with Crippen LogP contribution >= 0.6 is 0 Å². The molecule has 0 aliphatic heterocycles. The van der Waals surface area contributed by atoms with Gasteiger partial charge in [-0.3, -0.25) is 5.32 Å². The molecule has 1 saturated carbocycles. The van der Waals surface area contributed by atoms with Crippen molar-refractivity contribution >= 4 is 11.8 Å². The molecule has 1 atom stereocenters. The summed E-state index contributed by atoms with van der Waals surface area (Å²) in [6.45, 7) is 2.23. The molecule has 132 valence electrons. The molecule has 1 aliphatic carbocycles. The van der Waals surface area contributed by atoms with Crippen molar-refractivity contribution in [2.24, 2.45) is 0 Å². The van der Waals surface area contributed by atoms with Crippen LogP contribution in [0, 0.1) is 0 Å². The molecule has 3 N–H and O–H groups in total. The van der Waals surface area contributed by atoms with Gasteiger partial charge in [-0.25, -0.2) is 14.8 Å². The van der Waals surface area contributed by atoms with E-state index in [-0.39, 0.29) is 24.1 Å². The molecular weight excluding hydrogens is 316 g/mol. The number of hydrogen-bond donors (Lipinski definition) is 3. The van der Waals surface area contributed by atoms with E-state index in [1.807, 2.05) is 30.3 Å². The summed E-state index contributed by atoms with van der Waals surface area (Å²) in [5.41, 5.74) is 1.07. The van der Waals surface area contributed by atoms with Gasteiger partial charge < -0.3 is 10.4 Å². The molecule has 2 amide bonds. The number of rotatable bonds is 7. The number of aliphatic hydroxyl groups is 1. The van der Waals surface area contributed by atoms with Crippen LogP contribution in [0.15, 0.2) is 42.6 Å². The minimum atomic E-state index is -0.308. The quantitative estimate of drug-likeness (QED) is 0.722. The fourth-order valence-corrected chi connectivity index (χ4v) is 2.74. The highest BCUT2D eigenvalue weighted by Gasteiger charge is 2.42. The molecule has 1 aromatic carbocycles. The third-order valence-electron chi connectivity index (χ3n) is 4.60.